The lowest BCUT2D eigenvalue weighted by molar-refractivity contribution is 0.0728. The lowest BCUT2D eigenvalue weighted by Crippen LogP contribution is -2.38. The van der Waals surface area contributed by atoms with Crippen LogP contribution in [-0.4, -0.2) is 36.5 Å². The summed E-state index contributed by atoms with van der Waals surface area (Å²) < 4.78 is 14.0. The van der Waals surface area contributed by atoms with Gasteiger partial charge in [-0.15, -0.1) is 0 Å². The zero-order chi connectivity index (χ0) is 13.6. The van der Waals surface area contributed by atoms with Gasteiger partial charge in [-0.1, -0.05) is 15.9 Å². The second-order valence-corrected chi connectivity index (χ2v) is 6.35. The Morgan fingerprint density at radius 1 is 1.42 bits per heavy atom. The van der Waals surface area contributed by atoms with E-state index in [0.29, 0.717) is 21.9 Å². The molecule has 2 fully saturated rings. The molecule has 0 radical (unpaired) electrons. The number of rotatable bonds is 1. The van der Waals surface area contributed by atoms with Crippen LogP contribution < -0.4 is 5.32 Å². The van der Waals surface area contributed by atoms with Crippen LogP contribution in [0.2, 0.25) is 0 Å². The first-order valence-electron chi connectivity index (χ1n) is 6.54. The Kier molecular flexibility index (Phi) is 3.35. The van der Waals surface area contributed by atoms with E-state index in [1.54, 1.807) is 6.07 Å². The number of hydrogen-bond acceptors (Lipinski definition) is 2. The molecule has 0 saturated carbocycles. The van der Waals surface area contributed by atoms with Crippen LogP contribution in [0.4, 0.5) is 4.39 Å². The van der Waals surface area contributed by atoms with Gasteiger partial charge in [0.1, 0.15) is 5.82 Å². The molecule has 102 valence electrons. The third kappa shape index (κ3) is 2.30. The fourth-order valence-electron chi connectivity index (χ4n) is 3.28. The van der Waals surface area contributed by atoms with Crippen molar-refractivity contribution in [1.29, 1.82) is 0 Å². The molecule has 2 aliphatic heterocycles. The van der Waals surface area contributed by atoms with Gasteiger partial charge in [0.2, 0.25) is 0 Å². The molecule has 19 heavy (non-hydrogen) atoms. The van der Waals surface area contributed by atoms with Gasteiger partial charge < -0.3 is 10.2 Å². The molecule has 1 aromatic rings. The number of nitrogens with zero attached hydrogens (tertiary/aromatic N) is 1. The number of carbonyl (C=O) groups is 1. The molecule has 0 bridgehead atoms. The molecule has 2 aliphatic rings. The van der Waals surface area contributed by atoms with Crippen molar-refractivity contribution >= 4 is 21.8 Å². The van der Waals surface area contributed by atoms with E-state index in [1.165, 1.54) is 12.1 Å². The molecular weight excluding hydrogens is 311 g/mol. The molecule has 1 aromatic carbocycles. The van der Waals surface area contributed by atoms with Crippen LogP contribution in [0.15, 0.2) is 22.7 Å². The fraction of sp³-hybridized carbons (Fsp3) is 0.500. The summed E-state index contributed by atoms with van der Waals surface area (Å²) in [7, 11) is 0. The van der Waals surface area contributed by atoms with E-state index in [1.807, 2.05) is 4.90 Å². The molecule has 1 N–H and O–H groups in total. The molecule has 0 aliphatic carbocycles. The molecular formula is C14H16BrFN2O. The van der Waals surface area contributed by atoms with Crippen LogP contribution >= 0.6 is 15.9 Å². The van der Waals surface area contributed by atoms with E-state index >= 15 is 0 Å². The van der Waals surface area contributed by atoms with Crippen LogP contribution in [-0.2, 0) is 0 Å². The number of benzene rings is 1. The van der Waals surface area contributed by atoms with Crippen molar-refractivity contribution in [2.24, 2.45) is 11.8 Å². The molecule has 0 aromatic heterocycles. The molecule has 3 rings (SSSR count). The number of amides is 1. The number of nitrogens with one attached hydrogen (secondary N) is 1. The Bertz CT molecular complexity index is 502. The molecule has 1 amide bonds. The van der Waals surface area contributed by atoms with Crippen molar-refractivity contribution in [3.8, 4) is 0 Å². The van der Waals surface area contributed by atoms with Gasteiger partial charge in [0.05, 0.1) is 0 Å². The van der Waals surface area contributed by atoms with Crippen LogP contribution in [0.1, 0.15) is 17.3 Å². The quantitative estimate of drug-likeness (QED) is 0.858. The molecule has 2 heterocycles. The van der Waals surface area contributed by atoms with Gasteiger partial charge in [-0.3, -0.25) is 4.79 Å². The van der Waals surface area contributed by atoms with Crippen molar-refractivity contribution in [3.05, 3.63) is 34.1 Å². The van der Waals surface area contributed by atoms with Gasteiger partial charge in [0.15, 0.2) is 0 Å². The normalized spacial score (nSPS) is 29.6. The Morgan fingerprint density at radius 3 is 2.89 bits per heavy atom. The first kappa shape index (κ1) is 13.1. The number of halogens is 2. The monoisotopic (exact) mass is 326 g/mol. The first-order valence-corrected chi connectivity index (χ1v) is 7.33. The average molecular weight is 327 g/mol. The lowest BCUT2D eigenvalue weighted by atomic mass is 9.95. The minimum atomic E-state index is -0.383. The van der Waals surface area contributed by atoms with Crippen LogP contribution in [0, 0.1) is 17.7 Å². The predicted molar refractivity (Wildman–Crippen MR) is 74.4 cm³/mol. The molecule has 5 heteroatoms. The van der Waals surface area contributed by atoms with Gasteiger partial charge in [0.25, 0.3) is 5.91 Å². The fourth-order valence-corrected chi connectivity index (χ4v) is 3.74. The first-order chi connectivity index (χ1) is 9.06. The van der Waals surface area contributed by atoms with Gasteiger partial charge in [-0.2, -0.15) is 0 Å². The van der Waals surface area contributed by atoms with Crippen molar-refractivity contribution in [2.75, 3.05) is 19.6 Å². The number of fused-ring (bicyclic) bond motifs is 1. The average Bonchev–Trinajstić information content (AvgIpc) is 2.91. The van der Waals surface area contributed by atoms with Gasteiger partial charge in [-0.25, -0.2) is 4.39 Å². The summed E-state index contributed by atoms with van der Waals surface area (Å²) in [5, 5.41) is 3.37. The maximum Gasteiger partial charge on any atom is 0.254 e. The minimum Gasteiger partial charge on any atom is -0.335 e. The summed E-state index contributed by atoms with van der Waals surface area (Å²) in [6.45, 7) is 4.81. The van der Waals surface area contributed by atoms with E-state index in [0.717, 1.165) is 19.6 Å². The largest absolute Gasteiger partial charge is 0.335 e. The zero-order valence-electron chi connectivity index (χ0n) is 10.7. The molecule has 0 spiro atoms. The van der Waals surface area contributed by atoms with Crippen molar-refractivity contribution in [2.45, 2.75) is 13.0 Å². The SMILES string of the molecule is CC1C2CNCC2CN1C(=O)c1cc(F)cc(Br)c1. The third-order valence-corrected chi connectivity index (χ3v) is 4.76. The zero-order valence-corrected chi connectivity index (χ0v) is 12.3. The number of hydrogen-bond donors (Lipinski definition) is 1. The van der Waals surface area contributed by atoms with E-state index in [9.17, 15) is 9.18 Å². The topological polar surface area (TPSA) is 32.3 Å². The van der Waals surface area contributed by atoms with Gasteiger partial charge >= 0.3 is 0 Å². The molecule has 3 unspecified atom stereocenters. The summed E-state index contributed by atoms with van der Waals surface area (Å²) in [6.07, 6.45) is 0. The Balaban J connectivity index is 1.84. The second-order valence-electron chi connectivity index (χ2n) is 5.44. The highest BCUT2D eigenvalue weighted by molar-refractivity contribution is 9.10. The number of likely N-dealkylation sites (tertiary alicyclic amines) is 1. The van der Waals surface area contributed by atoms with E-state index in [2.05, 4.69) is 28.2 Å². The molecule has 3 nitrogen and oxygen atoms in total. The van der Waals surface area contributed by atoms with E-state index < -0.39 is 0 Å². The predicted octanol–water partition coefficient (Wildman–Crippen LogP) is 2.27. The van der Waals surface area contributed by atoms with E-state index in [4.69, 9.17) is 0 Å². The Labute approximate surface area is 120 Å². The van der Waals surface area contributed by atoms with Crippen molar-refractivity contribution < 1.29 is 9.18 Å². The van der Waals surface area contributed by atoms with Crippen molar-refractivity contribution in [1.82, 2.24) is 10.2 Å². The highest BCUT2D eigenvalue weighted by Gasteiger charge is 2.43. The summed E-state index contributed by atoms with van der Waals surface area (Å²) in [5.41, 5.74) is 0.423. The molecule has 2 saturated heterocycles. The lowest BCUT2D eigenvalue weighted by Gasteiger charge is -2.24. The maximum atomic E-state index is 13.4. The highest BCUT2D eigenvalue weighted by Crippen LogP contribution is 2.33. The number of carbonyl (C=O) groups excluding carboxylic acids is 1. The van der Waals surface area contributed by atoms with Crippen LogP contribution in [0.3, 0.4) is 0 Å². The maximum absolute atomic E-state index is 13.4. The smallest absolute Gasteiger partial charge is 0.254 e. The summed E-state index contributed by atoms with van der Waals surface area (Å²) >= 11 is 3.23. The third-order valence-electron chi connectivity index (χ3n) is 4.30. The van der Waals surface area contributed by atoms with Crippen LogP contribution in [0.25, 0.3) is 0 Å². The molecule has 3 atom stereocenters. The Hall–Kier alpha value is -0.940. The van der Waals surface area contributed by atoms with Crippen molar-refractivity contribution in [3.63, 3.8) is 0 Å². The van der Waals surface area contributed by atoms with Crippen LogP contribution in [0.5, 0.6) is 0 Å². The second kappa shape index (κ2) is 4.87. The standard InChI is InChI=1S/C14H16BrFN2O/c1-8-13-6-17-5-10(13)7-18(8)14(19)9-2-11(15)4-12(16)3-9/h2-4,8,10,13,17H,5-7H2,1H3. The van der Waals surface area contributed by atoms with E-state index in [-0.39, 0.29) is 17.8 Å². The highest BCUT2D eigenvalue weighted by atomic mass is 79.9. The Morgan fingerprint density at radius 2 is 2.21 bits per heavy atom. The van der Waals surface area contributed by atoms with Gasteiger partial charge in [0, 0.05) is 35.7 Å². The summed E-state index contributed by atoms with van der Waals surface area (Å²) in [5.74, 6) is 0.616. The summed E-state index contributed by atoms with van der Waals surface area (Å²) in [6, 6.07) is 4.58. The van der Waals surface area contributed by atoms with Gasteiger partial charge in [-0.05, 0) is 37.0 Å². The summed E-state index contributed by atoms with van der Waals surface area (Å²) in [4.78, 5) is 14.4. The minimum absolute atomic E-state index is 0.0675.